The molecule has 0 radical (unpaired) electrons. The molecule has 2 rings (SSSR count). The summed E-state index contributed by atoms with van der Waals surface area (Å²) in [4.78, 5) is 23.2. The van der Waals surface area contributed by atoms with Crippen LogP contribution in [0.5, 0.6) is 0 Å². The zero-order valence-electron chi connectivity index (χ0n) is 9.98. The fraction of sp³-hybridized carbons (Fsp3) is 0.333. The lowest BCUT2D eigenvalue weighted by Gasteiger charge is -2.24. The number of hydrogen-bond donors (Lipinski definition) is 3. The minimum atomic E-state index is -1.48. The third kappa shape index (κ3) is 2.50. The van der Waals surface area contributed by atoms with Gasteiger partial charge in [0.2, 0.25) is 0 Å². The van der Waals surface area contributed by atoms with Crippen molar-refractivity contribution in [3.8, 4) is 0 Å². The third-order valence-corrected chi connectivity index (χ3v) is 3.04. The molecule has 1 aromatic rings. The van der Waals surface area contributed by atoms with E-state index >= 15 is 0 Å². The fourth-order valence-electron chi connectivity index (χ4n) is 1.90. The number of nitrogens with one attached hydrogen (secondary N) is 1. The predicted molar refractivity (Wildman–Crippen MR) is 64.1 cm³/mol. The molecule has 1 amide bonds. The summed E-state index contributed by atoms with van der Waals surface area (Å²) < 4.78 is 18.1. The van der Waals surface area contributed by atoms with Gasteiger partial charge in [0.25, 0.3) is 5.91 Å². The number of carbonyl (C=O) groups excluding carboxylic acids is 1. The van der Waals surface area contributed by atoms with Gasteiger partial charge in [0.05, 0.1) is 12.2 Å². The second-order valence-corrected chi connectivity index (χ2v) is 4.38. The highest BCUT2D eigenvalue weighted by atomic mass is 19.1. The van der Waals surface area contributed by atoms with E-state index < -0.39 is 23.2 Å². The Hall–Kier alpha value is -2.15. The van der Waals surface area contributed by atoms with E-state index in [0.29, 0.717) is 0 Å². The van der Waals surface area contributed by atoms with Crippen molar-refractivity contribution in [3.63, 3.8) is 0 Å². The van der Waals surface area contributed by atoms with Gasteiger partial charge < -0.3 is 20.9 Å². The van der Waals surface area contributed by atoms with Gasteiger partial charge in [-0.3, -0.25) is 4.79 Å². The number of ether oxygens (including phenoxy) is 1. The Morgan fingerprint density at radius 3 is 2.79 bits per heavy atom. The number of carboxylic acid groups (broad SMARTS) is 1. The molecule has 1 aromatic carbocycles. The van der Waals surface area contributed by atoms with Crippen molar-refractivity contribution >= 4 is 17.6 Å². The van der Waals surface area contributed by atoms with E-state index in [1.807, 2.05) is 0 Å². The highest BCUT2D eigenvalue weighted by Crippen LogP contribution is 2.21. The molecule has 1 fully saturated rings. The maximum atomic E-state index is 13.1. The second kappa shape index (κ2) is 4.85. The quantitative estimate of drug-likeness (QED) is 0.688. The van der Waals surface area contributed by atoms with Crippen molar-refractivity contribution in [1.82, 2.24) is 5.32 Å². The normalized spacial score (nSPS) is 22.2. The van der Waals surface area contributed by atoms with Crippen LogP contribution in [0.3, 0.4) is 0 Å². The summed E-state index contributed by atoms with van der Waals surface area (Å²) in [6, 6.07) is 3.34. The zero-order valence-corrected chi connectivity index (χ0v) is 9.98. The van der Waals surface area contributed by atoms with E-state index in [1.54, 1.807) is 0 Å². The first-order valence-electron chi connectivity index (χ1n) is 5.63. The van der Waals surface area contributed by atoms with E-state index in [0.717, 1.165) is 12.1 Å². The summed E-state index contributed by atoms with van der Waals surface area (Å²) in [5, 5.41) is 11.5. The van der Waals surface area contributed by atoms with Crippen LogP contribution >= 0.6 is 0 Å². The van der Waals surface area contributed by atoms with E-state index in [9.17, 15) is 19.1 Å². The first-order chi connectivity index (χ1) is 8.94. The second-order valence-electron chi connectivity index (χ2n) is 4.38. The van der Waals surface area contributed by atoms with Crippen LogP contribution in [0.25, 0.3) is 0 Å². The Morgan fingerprint density at radius 1 is 1.47 bits per heavy atom. The average Bonchev–Trinajstić information content (AvgIpc) is 2.82. The monoisotopic (exact) mass is 268 g/mol. The lowest BCUT2D eigenvalue weighted by molar-refractivity contribution is -0.144. The third-order valence-electron chi connectivity index (χ3n) is 3.04. The number of anilines is 1. The average molecular weight is 268 g/mol. The summed E-state index contributed by atoms with van der Waals surface area (Å²) in [7, 11) is 0. The Labute approximate surface area is 108 Å². The van der Waals surface area contributed by atoms with Crippen LogP contribution in [0, 0.1) is 5.82 Å². The standard InChI is InChI=1S/C12H13FN2O4/c13-7-1-2-9(14)8(5-7)10(16)15-12(11(17)18)3-4-19-6-12/h1-2,5H,3-4,6,14H2,(H,15,16)(H,17,18). The van der Waals surface area contributed by atoms with Gasteiger partial charge in [-0.05, 0) is 18.2 Å². The number of carbonyl (C=O) groups is 2. The highest BCUT2D eigenvalue weighted by Gasteiger charge is 2.44. The van der Waals surface area contributed by atoms with Gasteiger partial charge in [-0.25, -0.2) is 9.18 Å². The summed E-state index contributed by atoms with van der Waals surface area (Å²) in [5.41, 5.74) is 4.09. The molecule has 1 aliphatic rings. The van der Waals surface area contributed by atoms with Crippen LogP contribution in [0.1, 0.15) is 16.8 Å². The maximum Gasteiger partial charge on any atom is 0.331 e. The maximum absolute atomic E-state index is 13.1. The Morgan fingerprint density at radius 2 is 2.21 bits per heavy atom. The largest absolute Gasteiger partial charge is 0.479 e. The molecule has 1 aliphatic heterocycles. The molecule has 1 unspecified atom stereocenters. The molecule has 0 aromatic heterocycles. The number of carboxylic acids is 1. The number of hydrogen-bond acceptors (Lipinski definition) is 4. The lowest BCUT2D eigenvalue weighted by Crippen LogP contribution is -2.55. The van der Waals surface area contributed by atoms with Crippen molar-refractivity contribution in [2.45, 2.75) is 12.0 Å². The first kappa shape index (κ1) is 13.3. The highest BCUT2D eigenvalue weighted by molar-refractivity contribution is 6.01. The van der Waals surface area contributed by atoms with Crippen molar-refractivity contribution in [2.24, 2.45) is 0 Å². The molecule has 102 valence electrons. The predicted octanol–water partition coefficient (Wildman–Crippen LogP) is 0.381. The van der Waals surface area contributed by atoms with Crippen molar-refractivity contribution in [3.05, 3.63) is 29.6 Å². The van der Waals surface area contributed by atoms with Crippen LogP contribution in [0.4, 0.5) is 10.1 Å². The number of nitrogens with two attached hydrogens (primary N) is 1. The smallest absolute Gasteiger partial charge is 0.331 e. The molecule has 0 bridgehead atoms. The van der Waals surface area contributed by atoms with E-state index in [4.69, 9.17) is 10.5 Å². The minimum absolute atomic E-state index is 0.0818. The van der Waals surface area contributed by atoms with Gasteiger partial charge in [-0.2, -0.15) is 0 Å². The van der Waals surface area contributed by atoms with Crippen LogP contribution < -0.4 is 11.1 Å². The summed E-state index contributed by atoms with van der Waals surface area (Å²) in [6.45, 7) is 0.120. The zero-order chi connectivity index (χ0) is 14.0. The Balaban J connectivity index is 2.25. The number of aliphatic carboxylic acids is 1. The SMILES string of the molecule is Nc1ccc(F)cc1C(=O)NC1(C(=O)O)CCOC1. The number of nitrogen functional groups attached to an aromatic ring is 1. The van der Waals surface area contributed by atoms with Crippen molar-refractivity contribution in [2.75, 3.05) is 18.9 Å². The number of benzene rings is 1. The van der Waals surface area contributed by atoms with E-state index in [2.05, 4.69) is 5.32 Å². The Bertz CT molecular complexity index is 526. The molecule has 0 spiro atoms. The molecule has 0 aliphatic carbocycles. The van der Waals surface area contributed by atoms with Gasteiger partial charge in [-0.1, -0.05) is 0 Å². The lowest BCUT2D eigenvalue weighted by atomic mass is 9.98. The summed E-state index contributed by atoms with van der Waals surface area (Å²) in [5.74, 6) is -2.54. The summed E-state index contributed by atoms with van der Waals surface area (Å²) >= 11 is 0. The van der Waals surface area contributed by atoms with Crippen LogP contribution in [-0.4, -0.2) is 35.7 Å². The van der Waals surface area contributed by atoms with Crippen LogP contribution in [-0.2, 0) is 9.53 Å². The van der Waals surface area contributed by atoms with Gasteiger partial charge >= 0.3 is 5.97 Å². The molecule has 4 N–H and O–H groups in total. The topological polar surface area (TPSA) is 102 Å². The van der Waals surface area contributed by atoms with Crippen molar-refractivity contribution < 1.29 is 23.8 Å². The van der Waals surface area contributed by atoms with Gasteiger partial charge in [0, 0.05) is 18.7 Å². The molecule has 0 saturated carbocycles. The van der Waals surface area contributed by atoms with E-state index in [1.165, 1.54) is 6.07 Å². The van der Waals surface area contributed by atoms with Crippen LogP contribution in [0.15, 0.2) is 18.2 Å². The summed E-state index contributed by atoms with van der Waals surface area (Å²) in [6.07, 6.45) is 0.156. The molecular formula is C12H13FN2O4. The molecule has 7 heteroatoms. The number of rotatable bonds is 3. The van der Waals surface area contributed by atoms with E-state index in [-0.39, 0.29) is 30.9 Å². The molecule has 1 saturated heterocycles. The van der Waals surface area contributed by atoms with Gasteiger partial charge in [0.15, 0.2) is 5.54 Å². The van der Waals surface area contributed by atoms with Crippen molar-refractivity contribution in [1.29, 1.82) is 0 Å². The van der Waals surface area contributed by atoms with Gasteiger partial charge in [-0.15, -0.1) is 0 Å². The number of amides is 1. The minimum Gasteiger partial charge on any atom is -0.479 e. The number of halogens is 1. The molecule has 19 heavy (non-hydrogen) atoms. The molecule has 1 atom stereocenters. The van der Waals surface area contributed by atoms with Crippen LogP contribution in [0.2, 0.25) is 0 Å². The fourth-order valence-corrected chi connectivity index (χ4v) is 1.90. The Kier molecular flexibility index (Phi) is 3.39. The molecular weight excluding hydrogens is 255 g/mol. The molecule has 6 nitrogen and oxygen atoms in total. The van der Waals surface area contributed by atoms with Gasteiger partial charge in [0.1, 0.15) is 5.82 Å². The molecule has 1 heterocycles. The first-order valence-corrected chi connectivity index (χ1v) is 5.63.